The summed E-state index contributed by atoms with van der Waals surface area (Å²) in [5.41, 5.74) is 2.48. The van der Waals surface area contributed by atoms with Crippen molar-refractivity contribution >= 4 is 23.6 Å². The molecule has 1 N–H and O–H groups in total. The first kappa shape index (κ1) is 22.3. The summed E-state index contributed by atoms with van der Waals surface area (Å²) >= 11 is 0. The van der Waals surface area contributed by atoms with Crippen molar-refractivity contribution in [1.82, 2.24) is 9.88 Å². The molecular formula is C23H26N2O6. The lowest BCUT2D eigenvalue weighted by atomic mass is 10.1. The zero-order valence-electron chi connectivity index (χ0n) is 17.9. The molecule has 1 aromatic carbocycles. The fourth-order valence-electron chi connectivity index (χ4n) is 3.75. The molecule has 8 heteroatoms. The molecule has 3 rings (SSSR count). The molecule has 1 saturated heterocycles. The lowest BCUT2D eigenvalue weighted by molar-refractivity contribution is -0.147. The number of aromatic amines is 1. The van der Waals surface area contributed by atoms with Crippen LogP contribution in [0.25, 0.3) is 0 Å². The van der Waals surface area contributed by atoms with Crippen LogP contribution in [0.1, 0.15) is 51.0 Å². The van der Waals surface area contributed by atoms with E-state index in [0.717, 1.165) is 5.56 Å². The van der Waals surface area contributed by atoms with Crippen molar-refractivity contribution in [3.63, 3.8) is 0 Å². The Balaban J connectivity index is 1.57. The highest BCUT2D eigenvalue weighted by Gasteiger charge is 2.35. The maximum absolute atomic E-state index is 12.6. The summed E-state index contributed by atoms with van der Waals surface area (Å²) in [6, 6.07) is 9.52. The number of carbonyl (C=O) groups excluding carboxylic acids is 4. The van der Waals surface area contributed by atoms with Gasteiger partial charge in [0.05, 0.1) is 23.8 Å². The van der Waals surface area contributed by atoms with Gasteiger partial charge in [-0.3, -0.25) is 14.4 Å². The Morgan fingerprint density at radius 3 is 2.52 bits per heavy atom. The number of ketones is 1. The summed E-state index contributed by atoms with van der Waals surface area (Å²) in [5, 5.41) is 0. The highest BCUT2D eigenvalue weighted by Crippen LogP contribution is 2.23. The molecule has 1 aliphatic rings. The molecule has 2 heterocycles. The first-order valence-corrected chi connectivity index (χ1v) is 10.2. The number of nitrogens with zero attached hydrogens (tertiary/aromatic N) is 1. The fourth-order valence-corrected chi connectivity index (χ4v) is 3.75. The second-order valence-corrected chi connectivity index (χ2v) is 7.54. The number of Topliss-reactive ketones (excluding diaryl/α,β-unsaturated/α-hetero) is 1. The van der Waals surface area contributed by atoms with E-state index in [1.165, 1.54) is 0 Å². The van der Waals surface area contributed by atoms with Gasteiger partial charge in [0.2, 0.25) is 11.7 Å². The summed E-state index contributed by atoms with van der Waals surface area (Å²) < 4.78 is 10.2. The number of nitrogens with one attached hydrogen (secondary N) is 1. The van der Waals surface area contributed by atoms with Crippen LogP contribution in [-0.2, 0) is 25.6 Å². The Hall–Kier alpha value is -3.42. The van der Waals surface area contributed by atoms with Gasteiger partial charge in [0.15, 0.2) is 6.61 Å². The SMILES string of the molecule is CCOC(=O)c1c(C)[nH]c(C(=O)COC(=O)[C@@H]2CC(=O)N(Cc3ccccc3)C2)c1C. The average Bonchev–Trinajstić information content (AvgIpc) is 3.25. The van der Waals surface area contributed by atoms with E-state index in [2.05, 4.69) is 4.98 Å². The Bertz CT molecular complexity index is 995. The highest BCUT2D eigenvalue weighted by molar-refractivity contribution is 6.02. The van der Waals surface area contributed by atoms with Crippen molar-refractivity contribution < 1.29 is 28.7 Å². The second kappa shape index (κ2) is 9.59. The number of benzene rings is 1. The van der Waals surface area contributed by atoms with Crippen LogP contribution in [0.15, 0.2) is 30.3 Å². The van der Waals surface area contributed by atoms with E-state index in [-0.39, 0.29) is 31.2 Å². The molecule has 0 spiro atoms. The number of hydrogen-bond donors (Lipinski definition) is 1. The normalized spacial score (nSPS) is 15.8. The molecule has 8 nitrogen and oxygen atoms in total. The van der Waals surface area contributed by atoms with Crippen LogP contribution in [0.2, 0.25) is 0 Å². The van der Waals surface area contributed by atoms with Gasteiger partial charge in [-0.05, 0) is 31.9 Å². The van der Waals surface area contributed by atoms with Crippen LogP contribution < -0.4 is 0 Å². The molecule has 31 heavy (non-hydrogen) atoms. The van der Waals surface area contributed by atoms with E-state index in [0.29, 0.717) is 23.4 Å². The molecule has 0 saturated carbocycles. The molecule has 1 aromatic heterocycles. The number of hydrogen-bond acceptors (Lipinski definition) is 6. The van der Waals surface area contributed by atoms with Crippen LogP contribution in [0.3, 0.4) is 0 Å². The van der Waals surface area contributed by atoms with Crippen LogP contribution in [0.5, 0.6) is 0 Å². The quantitative estimate of drug-likeness (QED) is 0.514. The predicted octanol–water partition coefficient (Wildman–Crippen LogP) is 2.58. The van der Waals surface area contributed by atoms with Crippen molar-refractivity contribution in [2.75, 3.05) is 19.8 Å². The summed E-state index contributed by atoms with van der Waals surface area (Å²) in [5.74, 6) is -2.26. The molecule has 164 valence electrons. The van der Waals surface area contributed by atoms with Crippen LogP contribution >= 0.6 is 0 Å². The van der Waals surface area contributed by atoms with E-state index < -0.39 is 30.2 Å². The molecule has 1 fully saturated rings. The van der Waals surface area contributed by atoms with Crippen LogP contribution in [0, 0.1) is 19.8 Å². The van der Waals surface area contributed by atoms with E-state index in [1.54, 1.807) is 25.7 Å². The van der Waals surface area contributed by atoms with Crippen molar-refractivity contribution in [2.45, 2.75) is 33.7 Å². The third-order valence-corrected chi connectivity index (χ3v) is 5.31. The summed E-state index contributed by atoms with van der Waals surface area (Å²) in [4.78, 5) is 53.8. The van der Waals surface area contributed by atoms with E-state index in [9.17, 15) is 19.2 Å². The van der Waals surface area contributed by atoms with Gasteiger partial charge in [-0.15, -0.1) is 0 Å². The average molecular weight is 426 g/mol. The lowest BCUT2D eigenvalue weighted by Gasteiger charge is -2.16. The first-order chi connectivity index (χ1) is 14.8. The molecular weight excluding hydrogens is 400 g/mol. The maximum Gasteiger partial charge on any atom is 0.340 e. The summed E-state index contributed by atoms with van der Waals surface area (Å²) in [6.07, 6.45) is 0.0630. The van der Waals surface area contributed by atoms with Crippen molar-refractivity contribution in [3.8, 4) is 0 Å². The Kier molecular flexibility index (Phi) is 6.89. The number of esters is 2. The number of ether oxygens (including phenoxy) is 2. The number of carbonyl (C=O) groups is 4. The Labute approximate surface area is 180 Å². The largest absolute Gasteiger partial charge is 0.462 e. The van der Waals surface area contributed by atoms with Gasteiger partial charge < -0.3 is 19.4 Å². The monoisotopic (exact) mass is 426 g/mol. The van der Waals surface area contributed by atoms with Gasteiger partial charge in [-0.1, -0.05) is 30.3 Å². The molecule has 0 unspecified atom stereocenters. The van der Waals surface area contributed by atoms with E-state index >= 15 is 0 Å². The third-order valence-electron chi connectivity index (χ3n) is 5.31. The fraction of sp³-hybridized carbons (Fsp3) is 0.391. The molecule has 0 radical (unpaired) electrons. The predicted molar refractivity (Wildman–Crippen MR) is 111 cm³/mol. The molecule has 0 aliphatic carbocycles. The minimum Gasteiger partial charge on any atom is -0.462 e. The summed E-state index contributed by atoms with van der Waals surface area (Å²) in [7, 11) is 0. The zero-order chi connectivity index (χ0) is 22.5. The van der Waals surface area contributed by atoms with Gasteiger partial charge in [0.1, 0.15) is 0 Å². The van der Waals surface area contributed by atoms with Gasteiger partial charge in [0, 0.05) is 25.2 Å². The Morgan fingerprint density at radius 1 is 1.13 bits per heavy atom. The number of aromatic nitrogens is 1. The molecule has 1 atom stereocenters. The third kappa shape index (κ3) is 5.02. The number of amides is 1. The van der Waals surface area contributed by atoms with Crippen molar-refractivity contribution in [1.29, 1.82) is 0 Å². The highest BCUT2D eigenvalue weighted by atomic mass is 16.5. The van der Waals surface area contributed by atoms with E-state index in [4.69, 9.17) is 9.47 Å². The van der Waals surface area contributed by atoms with Crippen LogP contribution in [0.4, 0.5) is 0 Å². The minimum atomic E-state index is -0.606. The topological polar surface area (TPSA) is 106 Å². The van der Waals surface area contributed by atoms with Gasteiger partial charge >= 0.3 is 11.9 Å². The standard InChI is InChI=1S/C23H26N2O6/c1-4-30-23(29)20-14(2)21(24-15(20)3)18(26)13-31-22(28)17-10-19(27)25(12-17)11-16-8-6-5-7-9-16/h5-9,17,24H,4,10-13H2,1-3H3/t17-/m1/s1. The van der Waals surface area contributed by atoms with Crippen molar-refractivity contribution in [3.05, 3.63) is 58.4 Å². The smallest absolute Gasteiger partial charge is 0.340 e. The van der Waals surface area contributed by atoms with Gasteiger partial charge in [-0.2, -0.15) is 0 Å². The van der Waals surface area contributed by atoms with Crippen molar-refractivity contribution in [2.24, 2.45) is 5.92 Å². The number of aryl methyl sites for hydroxylation is 1. The summed E-state index contributed by atoms with van der Waals surface area (Å²) in [6.45, 7) is 5.47. The minimum absolute atomic E-state index is 0.0630. The first-order valence-electron chi connectivity index (χ1n) is 10.2. The molecule has 1 amide bonds. The Morgan fingerprint density at radius 2 is 1.84 bits per heavy atom. The molecule has 1 aliphatic heterocycles. The molecule has 0 bridgehead atoms. The molecule has 2 aromatic rings. The number of H-pyrrole nitrogens is 1. The second-order valence-electron chi connectivity index (χ2n) is 7.54. The lowest BCUT2D eigenvalue weighted by Crippen LogP contribution is -2.27. The van der Waals surface area contributed by atoms with E-state index in [1.807, 2.05) is 30.3 Å². The zero-order valence-corrected chi connectivity index (χ0v) is 17.9. The number of rotatable bonds is 8. The van der Waals surface area contributed by atoms with Crippen LogP contribution in [-0.4, -0.2) is 53.3 Å². The number of likely N-dealkylation sites (tertiary alicyclic amines) is 1. The maximum atomic E-state index is 12.6. The van der Waals surface area contributed by atoms with Gasteiger partial charge in [-0.25, -0.2) is 4.79 Å². The van der Waals surface area contributed by atoms with Gasteiger partial charge in [0.25, 0.3) is 0 Å².